The third kappa shape index (κ3) is 3.29. The summed E-state index contributed by atoms with van der Waals surface area (Å²) < 4.78 is 1.18. The Hall–Kier alpha value is -0.600. The molecular formula is C17H18Br2. The van der Waals surface area contributed by atoms with Crippen molar-refractivity contribution in [3.63, 3.8) is 0 Å². The van der Waals surface area contributed by atoms with Gasteiger partial charge >= 0.3 is 0 Å². The van der Waals surface area contributed by atoms with Crippen molar-refractivity contribution in [2.75, 3.05) is 0 Å². The summed E-state index contributed by atoms with van der Waals surface area (Å²) in [6.45, 7) is 6.58. The lowest BCUT2D eigenvalue weighted by molar-refractivity contribution is 0.747. The van der Waals surface area contributed by atoms with E-state index >= 15 is 0 Å². The van der Waals surface area contributed by atoms with Crippen LogP contribution in [0.4, 0.5) is 0 Å². The predicted molar refractivity (Wildman–Crippen MR) is 90.1 cm³/mol. The minimum Gasteiger partial charge on any atom is -0.0832 e. The van der Waals surface area contributed by atoms with Crippen LogP contribution in [0.1, 0.15) is 39.9 Å². The van der Waals surface area contributed by atoms with Crippen molar-refractivity contribution in [1.82, 2.24) is 0 Å². The van der Waals surface area contributed by atoms with E-state index in [0.717, 1.165) is 0 Å². The number of alkyl halides is 1. The summed E-state index contributed by atoms with van der Waals surface area (Å²) in [6.07, 6.45) is 0. The first-order chi connectivity index (χ1) is 9.00. The Kier molecular flexibility index (Phi) is 4.86. The molecule has 2 aromatic rings. The molecule has 0 aliphatic rings. The van der Waals surface area contributed by atoms with Crippen LogP contribution in [0.25, 0.3) is 0 Å². The van der Waals surface area contributed by atoms with E-state index in [4.69, 9.17) is 0 Å². The highest BCUT2D eigenvalue weighted by molar-refractivity contribution is 9.10. The van der Waals surface area contributed by atoms with E-state index in [2.05, 4.69) is 95.1 Å². The Morgan fingerprint density at radius 3 is 2.21 bits per heavy atom. The molecule has 2 atom stereocenters. The number of hydrogen-bond donors (Lipinski definition) is 0. The van der Waals surface area contributed by atoms with Gasteiger partial charge in [-0.2, -0.15) is 0 Å². The van der Waals surface area contributed by atoms with Crippen molar-refractivity contribution in [3.05, 3.63) is 69.2 Å². The molecular weight excluding hydrogens is 364 g/mol. The lowest BCUT2D eigenvalue weighted by Gasteiger charge is -2.22. The Labute approximate surface area is 132 Å². The predicted octanol–water partition coefficient (Wildman–Crippen LogP) is 6.31. The highest BCUT2D eigenvalue weighted by Crippen LogP contribution is 2.40. The number of benzene rings is 2. The van der Waals surface area contributed by atoms with Crippen molar-refractivity contribution in [2.45, 2.75) is 31.5 Å². The standard InChI is InChI=1S/C17H18Br2/c1-11-10-16(18)12(2)9-15(11)17(19)13(3)14-7-5-4-6-8-14/h4-10,13,17H,1-3H3. The van der Waals surface area contributed by atoms with E-state index in [9.17, 15) is 0 Å². The first kappa shape index (κ1) is 14.8. The van der Waals surface area contributed by atoms with Gasteiger partial charge in [0.05, 0.1) is 0 Å². The minimum atomic E-state index is 0.335. The summed E-state index contributed by atoms with van der Waals surface area (Å²) in [6, 6.07) is 15.1. The fourth-order valence-electron chi connectivity index (χ4n) is 2.30. The molecule has 0 radical (unpaired) electrons. The maximum absolute atomic E-state index is 3.88. The van der Waals surface area contributed by atoms with E-state index in [1.165, 1.54) is 26.7 Å². The lowest BCUT2D eigenvalue weighted by Crippen LogP contribution is -2.04. The molecule has 2 unspecified atom stereocenters. The molecule has 0 nitrogen and oxygen atoms in total. The Morgan fingerprint density at radius 1 is 0.947 bits per heavy atom. The SMILES string of the molecule is Cc1cc(C(Br)C(C)c2ccccc2)c(C)cc1Br. The minimum absolute atomic E-state index is 0.335. The van der Waals surface area contributed by atoms with Gasteiger partial charge in [-0.1, -0.05) is 75.2 Å². The molecule has 0 aliphatic carbocycles. The van der Waals surface area contributed by atoms with Crippen molar-refractivity contribution in [1.29, 1.82) is 0 Å². The van der Waals surface area contributed by atoms with Gasteiger partial charge in [-0.3, -0.25) is 0 Å². The van der Waals surface area contributed by atoms with Crippen LogP contribution in [-0.4, -0.2) is 0 Å². The van der Waals surface area contributed by atoms with Crippen LogP contribution < -0.4 is 0 Å². The number of rotatable bonds is 3. The largest absolute Gasteiger partial charge is 0.0832 e. The van der Waals surface area contributed by atoms with Crippen molar-refractivity contribution < 1.29 is 0 Å². The van der Waals surface area contributed by atoms with Gasteiger partial charge in [-0.25, -0.2) is 0 Å². The highest BCUT2D eigenvalue weighted by Gasteiger charge is 2.20. The Bertz CT molecular complexity index is 561. The second-order valence-electron chi connectivity index (χ2n) is 5.06. The van der Waals surface area contributed by atoms with Crippen LogP contribution in [-0.2, 0) is 0 Å². The average Bonchev–Trinajstić information content (AvgIpc) is 2.42. The van der Waals surface area contributed by atoms with E-state index in [1.807, 2.05) is 0 Å². The number of aryl methyl sites for hydroxylation is 2. The molecule has 2 rings (SSSR count). The van der Waals surface area contributed by atoms with Crippen LogP contribution in [0.2, 0.25) is 0 Å². The molecule has 2 heteroatoms. The third-order valence-corrected chi connectivity index (χ3v) is 5.75. The van der Waals surface area contributed by atoms with Gasteiger partial charge in [0.25, 0.3) is 0 Å². The topological polar surface area (TPSA) is 0 Å². The molecule has 0 bridgehead atoms. The molecule has 0 saturated heterocycles. The van der Waals surface area contributed by atoms with Crippen LogP contribution in [0.5, 0.6) is 0 Å². The van der Waals surface area contributed by atoms with E-state index < -0.39 is 0 Å². The van der Waals surface area contributed by atoms with E-state index in [0.29, 0.717) is 10.7 Å². The van der Waals surface area contributed by atoms with Crippen LogP contribution in [0, 0.1) is 13.8 Å². The number of halogens is 2. The van der Waals surface area contributed by atoms with Crippen molar-refractivity contribution >= 4 is 31.9 Å². The summed E-state index contributed by atoms with van der Waals surface area (Å²) in [5.41, 5.74) is 5.34. The fourth-order valence-corrected chi connectivity index (χ4v) is 3.55. The van der Waals surface area contributed by atoms with Crippen LogP contribution >= 0.6 is 31.9 Å². The quantitative estimate of drug-likeness (QED) is 0.546. The van der Waals surface area contributed by atoms with Crippen LogP contribution in [0.3, 0.4) is 0 Å². The second kappa shape index (κ2) is 6.23. The zero-order valence-electron chi connectivity index (χ0n) is 11.5. The van der Waals surface area contributed by atoms with Gasteiger partial charge in [0.2, 0.25) is 0 Å². The Morgan fingerprint density at radius 2 is 1.58 bits per heavy atom. The van der Waals surface area contributed by atoms with Gasteiger partial charge in [0, 0.05) is 9.30 Å². The molecule has 0 saturated carbocycles. The van der Waals surface area contributed by atoms with Gasteiger partial charge in [-0.05, 0) is 48.1 Å². The lowest BCUT2D eigenvalue weighted by atomic mass is 9.91. The van der Waals surface area contributed by atoms with Gasteiger partial charge in [0.15, 0.2) is 0 Å². The summed E-state index contributed by atoms with van der Waals surface area (Å²) in [4.78, 5) is 0.335. The molecule has 2 aromatic carbocycles. The zero-order valence-corrected chi connectivity index (χ0v) is 14.6. The first-order valence-corrected chi connectivity index (χ1v) is 8.17. The normalized spacial score (nSPS) is 14.2. The molecule has 0 heterocycles. The maximum atomic E-state index is 3.88. The zero-order chi connectivity index (χ0) is 14.0. The molecule has 0 aromatic heterocycles. The van der Waals surface area contributed by atoms with Crippen LogP contribution in [0.15, 0.2) is 46.9 Å². The molecule has 0 amide bonds. The second-order valence-corrected chi connectivity index (χ2v) is 6.90. The maximum Gasteiger partial charge on any atom is 0.0463 e. The van der Waals surface area contributed by atoms with E-state index in [1.54, 1.807) is 0 Å². The third-order valence-electron chi connectivity index (χ3n) is 3.61. The molecule has 100 valence electrons. The monoisotopic (exact) mass is 380 g/mol. The van der Waals surface area contributed by atoms with Crippen molar-refractivity contribution in [3.8, 4) is 0 Å². The van der Waals surface area contributed by atoms with Gasteiger partial charge in [-0.15, -0.1) is 0 Å². The molecule has 0 aliphatic heterocycles. The molecule has 0 spiro atoms. The summed E-state index contributed by atoms with van der Waals surface area (Å²) in [5, 5.41) is 0. The van der Waals surface area contributed by atoms with Crippen molar-refractivity contribution in [2.24, 2.45) is 0 Å². The average molecular weight is 382 g/mol. The van der Waals surface area contributed by atoms with Gasteiger partial charge < -0.3 is 0 Å². The number of hydrogen-bond acceptors (Lipinski definition) is 0. The first-order valence-electron chi connectivity index (χ1n) is 6.46. The molecule has 0 N–H and O–H groups in total. The highest BCUT2D eigenvalue weighted by atomic mass is 79.9. The fraction of sp³-hybridized carbons (Fsp3) is 0.294. The summed E-state index contributed by atoms with van der Waals surface area (Å²) in [7, 11) is 0. The van der Waals surface area contributed by atoms with E-state index in [-0.39, 0.29) is 0 Å². The smallest absolute Gasteiger partial charge is 0.0463 e. The molecule has 0 fully saturated rings. The van der Waals surface area contributed by atoms with Gasteiger partial charge in [0.1, 0.15) is 0 Å². The Balaban J connectivity index is 2.34. The summed E-state index contributed by atoms with van der Waals surface area (Å²) >= 11 is 7.48. The molecule has 19 heavy (non-hydrogen) atoms. The summed E-state index contributed by atoms with van der Waals surface area (Å²) in [5.74, 6) is 0.445.